The third-order valence-electron chi connectivity index (χ3n) is 4.80. The van der Waals surface area contributed by atoms with E-state index in [0.29, 0.717) is 35.7 Å². The van der Waals surface area contributed by atoms with Gasteiger partial charge in [-0.05, 0) is 53.8 Å². The zero-order chi connectivity index (χ0) is 20.5. The van der Waals surface area contributed by atoms with Crippen LogP contribution in [0, 0.1) is 0 Å². The lowest BCUT2D eigenvalue weighted by Crippen LogP contribution is -2.27. The summed E-state index contributed by atoms with van der Waals surface area (Å²) in [4.78, 5) is 24.5. The molecule has 28 heavy (non-hydrogen) atoms. The summed E-state index contributed by atoms with van der Waals surface area (Å²) in [6.45, 7) is 4.14. The number of benzene rings is 2. The Kier molecular flexibility index (Phi) is 5.56. The molecule has 0 saturated carbocycles. The Morgan fingerprint density at radius 2 is 1.71 bits per heavy atom. The molecule has 0 aromatic heterocycles. The molecular weight excluding hydrogens is 378 g/mol. The van der Waals surface area contributed by atoms with E-state index in [4.69, 9.17) is 4.74 Å². The van der Waals surface area contributed by atoms with Crippen molar-refractivity contribution in [1.29, 1.82) is 0 Å². The van der Waals surface area contributed by atoms with E-state index < -0.39 is 16.0 Å². The Labute approximate surface area is 165 Å². The van der Waals surface area contributed by atoms with Gasteiger partial charge in [0.05, 0.1) is 17.5 Å². The van der Waals surface area contributed by atoms with Crippen LogP contribution in [0.2, 0.25) is 0 Å². The third-order valence-corrected chi connectivity index (χ3v) is 5.98. The number of rotatable bonds is 6. The van der Waals surface area contributed by atoms with Crippen LogP contribution in [0.1, 0.15) is 51.6 Å². The fraction of sp³-hybridized carbons (Fsp3) is 0.333. The number of ketones is 1. The highest BCUT2D eigenvalue weighted by atomic mass is 32.2. The first-order valence-electron chi connectivity index (χ1n) is 9.07. The van der Waals surface area contributed by atoms with Crippen molar-refractivity contribution < 1.29 is 22.7 Å². The first-order valence-corrected chi connectivity index (χ1v) is 10.9. The van der Waals surface area contributed by atoms with Gasteiger partial charge < -0.3 is 4.74 Å². The van der Waals surface area contributed by atoms with Crippen molar-refractivity contribution in [2.75, 3.05) is 23.7 Å². The van der Waals surface area contributed by atoms with Crippen LogP contribution >= 0.6 is 0 Å². The van der Waals surface area contributed by atoms with Gasteiger partial charge in [0.25, 0.3) is 0 Å². The second-order valence-corrected chi connectivity index (χ2v) is 9.11. The number of hydrogen-bond acceptors (Lipinski definition) is 5. The Hall–Kier alpha value is -2.67. The summed E-state index contributed by atoms with van der Waals surface area (Å²) in [5.41, 5.74) is 3.31. The number of ether oxygens (including phenoxy) is 1. The van der Waals surface area contributed by atoms with Gasteiger partial charge in [-0.15, -0.1) is 0 Å². The minimum atomic E-state index is -3.33. The van der Waals surface area contributed by atoms with Crippen molar-refractivity contribution in [1.82, 2.24) is 0 Å². The summed E-state index contributed by atoms with van der Waals surface area (Å²) < 4.78 is 30.0. The quantitative estimate of drug-likeness (QED) is 0.549. The number of sulfonamides is 1. The number of hydrogen-bond donors (Lipinski definition) is 0. The molecule has 0 bridgehead atoms. The topological polar surface area (TPSA) is 80.8 Å². The minimum Gasteiger partial charge on any atom is -0.454 e. The van der Waals surface area contributed by atoms with Gasteiger partial charge in [-0.25, -0.2) is 13.2 Å². The summed E-state index contributed by atoms with van der Waals surface area (Å²) in [6, 6.07) is 12.0. The Morgan fingerprint density at radius 1 is 1.07 bits per heavy atom. The van der Waals surface area contributed by atoms with Crippen LogP contribution in [-0.2, 0) is 21.2 Å². The lowest BCUT2D eigenvalue weighted by Gasteiger charge is -2.16. The molecule has 2 aromatic carbocycles. The van der Waals surface area contributed by atoms with Crippen LogP contribution < -0.4 is 4.31 Å². The maximum absolute atomic E-state index is 12.4. The van der Waals surface area contributed by atoms with Crippen molar-refractivity contribution in [3.05, 3.63) is 64.7 Å². The summed E-state index contributed by atoms with van der Waals surface area (Å²) in [6.07, 6.45) is 1.71. The molecule has 0 spiro atoms. The number of nitrogens with zero attached hydrogens (tertiary/aromatic N) is 1. The molecule has 0 unspecified atom stereocenters. The van der Waals surface area contributed by atoms with E-state index in [0.717, 1.165) is 17.4 Å². The molecule has 1 aliphatic heterocycles. The van der Waals surface area contributed by atoms with Gasteiger partial charge in [0, 0.05) is 12.1 Å². The van der Waals surface area contributed by atoms with E-state index >= 15 is 0 Å². The van der Waals surface area contributed by atoms with Gasteiger partial charge in [0.2, 0.25) is 10.0 Å². The van der Waals surface area contributed by atoms with E-state index in [-0.39, 0.29) is 12.4 Å². The van der Waals surface area contributed by atoms with Crippen molar-refractivity contribution >= 4 is 27.5 Å². The highest BCUT2D eigenvalue weighted by Crippen LogP contribution is 2.30. The van der Waals surface area contributed by atoms with Crippen molar-refractivity contribution in [2.24, 2.45) is 0 Å². The largest absolute Gasteiger partial charge is 0.454 e. The van der Waals surface area contributed by atoms with Crippen LogP contribution in [0.25, 0.3) is 0 Å². The first-order chi connectivity index (χ1) is 13.2. The molecule has 0 N–H and O–H groups in total. The summed E-state index contributed by atoms with van der Waals surface area (Å²) >= 11 is 0. The Bertz CT molecular complexity index is 1010. The monoisotopic (exact) mass is 401 g/mol. The molecule has 7 heteroatoms. The lowest BCUT2D eigenvalue weighted by atomic mass is 10.0. The predicted molar refractivity (Wildman–Crippen MR) is 107 cm³/mol. The number of anilines is 1. The van der Waals surface area contributed by atoms with Gasteiger partial charge in [0.15, 0.2) is 12.4 Å². The molecule has 0 radical (unpaired) electrons. The molecule has 148 valence electrons. The molecule has 2 aromatic rings. The van der Waals surface area contributed by atoms with E-state index in [9.17, 15) is 18.0 Å². The molecule has 3 rings (SSSR count). The second-order valence-electron chi connectivity index (χ2n) is 7.20. The van der Waals surface area contributed by atoms with Gasteiger partial charge in [-0.1, -0.05) is 26.0 Å². The lowest BCUT2D eigenvalue weighted by molar-refractivity contribution is 0.0474. The standard InChI is InChI=1S/C21H23NO5S/c1-14(2)15-4-6-16(7-5-15)21(24)27-13-20(23)18-8-9-19-17(12-18)10-11-22(19)28(3,25)26/h4-9,12,14H,10-11,13H2,1-3H3. The highest BCUT2D eigenvalue weighted by Gasteiger charge is 2.26. The predicted octanol–water partition coefficient (Wildman–Crippen LogP) is 3.17. The molecule has 0 saturated heterocycles. The molecule has 0 atom stereocenters. The highest BCUT2D eigenvalue weighted by molar-refractivity contribution is 7.92. The van der Waals surface area contributed by atoms with Gasteiger partial charge in [-0.2, -0.15) is 0 Å². The number of fused-ring (bicyclic) bond motifs is 1. The molecule has 0 fully saturated rings. The zero-order valence-electron chi connectivity index (χ0n) is 16.1. The van der Waals surface area contributed by atoms with Crippen molar-refractivity contribution in [3.63, 3.8) is 0 Å². The fourth-order valence-electron chi connectivity index (χ4n) is 3.19. The average Bonchev–Trinajstić information content (AvgIpc) is 3.09. The molecule has 1 aliphatic rings. The van der Waals surface area contributed by atoms with Crippen molar-refractivity contribution in [2.45, 2.75) is 26.2 Å². The molecule has 1 heterocycles. The normalized spacial score (nSPS) is 13.5. The number of carbonyl (C=O) groups is 2. The average molecular weight is 401 g/mol. The van der Waals surface area contributed by atoms with Crippen molar-refractivity contribution in [3.8, 4) is 0 Å². The molecule has 0 amide bonds. The zero-order valence-corrected chi connectivity index (χ0v) is 17.0. The van der Waals surface area contributed by atoms with Gasteiger partial charge in [-0.3, -0.25) is 9.10 Å². The van der Waals surface area contributed by atoms with Crippen LogP contribution in [0.15, 0.2) is 42.5 Å². The first kappa shape index (κ1) is 20.1. The Morgan fingerprint density at radius 3 is 2.32 bits per heavy atom. The summed E-state index contributed by atoms with van der Waals surface area (Å²) in [5, 5.41) is 0. The van der Waals surface area contributed by atoms with Gasteiger partial charge >= 0.3 is 5.97 Å². The molecule has 6 nitrogen and oxygen atoms in total. The maximum Gasteiger partial charge on any atom is 0.338 e. The van der Waals surface area contributed by atoms with Crippen LogP contribution in [0.5, 0.6) is 0 Å². The SMILES string of the molecule is CC(C)c1ccc(C(=O)OCC(=O)c2ccc3c(c2)CCN3S(C)(=O)=O)cc1. The van der Waals surface area contributed by atoms with E-state index in [2.05, 4.69) is 13.8 Å². The van der Waals surface area contributed by atoms with Crippen LogP contribution in [0.3, 0.4) is 0 Å². The summed E-state index contributed by atoms with van der Waals surface area (Å²) in [7, 11) is -3.33. The fourth-order valence-corrected chi connectivity index (χ4v) is 4.15. The van der Waals surface area contributed by atoms with Crippen LogP contribution in [0.4, 0.5) is 5.69 Å². The second kappa shape index (κ2) is 7.75. The van der Waals surface area contributed by atoms with E-state index in [1.165, 1.54) is 4.31 Å². The molecule has 0 aliphatic carbocycles. The van der Waals surface area contributed by atoms with E-state index in [1.807, 2.05) is 12.1 Å². The number of esters is 1. The summed E-state index contributed by atoms with van der Waals surface area (Å²) in [5.74, 6) is -0.508. The smallest absolute Gasteiger partial charge is 0.338 e. The number of carbonyl (C=O) groups excluding carboxylic acids is 2. The third kappa shape index (κ3) is 4.25. The minimum absolute atomic E-state index is 0.326. The maximum atomic E-state index is 12.4. The van der Waals surface area contributed by atoms with Gasteiger partial charge in [0.1, 0.15) is 0 Å². The molecular formula is C21H23NO5S. The van der Waals surface area contributed by atoms with E-state index in [1.54, 1.807) is 30.3 Å². The number of Topliss-reactive ketones (excluding diaryl/α,β-unsaturated/α-hetero) is 1. The van der Waals surface area contributed by atoms with Crippen LogP contribution in [-0.4, -0.2) is 39.6 Å². The Balaban J connectivity index is 1.65.